The normalized spacial score (nSPS) is 17.4. The minimum absolute atomic E-state index is 0.347. The van der Waals surface area contributed by atoms with Crippen LogP contribution in [0, 0.1) is 0 Å². The van der Waals surface area contributed by atoms with Gasteiger partial charge in [0.2, 0.25) is 5.13 Å². The van der Waals surface area contributed by atoms with Crippen LogP contribution in [0.25, 0.3) is 0 Å². The Kier molecular flexibility index (Phi) is 4.12. The molecule has 16 heavy (non-hydrogen) atoms. The Hall–Kier alpha value is -0.680. The van der Waals surface area contributed by atoms with E-state index in [1.165, 1.54) is 37.2 Å². The number of unbranched alkanes of at least 4 members (excludes halogenated alkanes) is 1. The van der Waals surface area contributed by atoms with Crippen LogP contribution >= 0.6 is 11.5 Å². The van der Waals surface area contributed by atoms with Crippen LogP contribution < -0.4 is 11.1 Å². The van der Waals surface area contributed by atoms with Crippen molar-refractivity contribution in [3.63, 3.8) is 0 Å². The van der Waals surface area contributed by atoms with Gasteiger partial charge in [-0.25, -0.2) is 4.98 Å². The molecule has 1 fully saturated rings. The number of hydrogen-bond donors (Lipinski definition) is 2. The van der Waals surface area contributed by atoms with Crippen LogP contribution in [0.4, 0.5) is 5.13 Å². The van der Waals surface area contributed by atoms with E-state index in [9.17, 15) is 0 Å². The fraction of sp³-hybridized carbons (Fsp3) is 0.818. The molecule has 3 N–H and O–H groups in total. The molecule has 2 rings (SSSR count). The number of anilines is 1. The van der Waals surface area contributed by atoms with Gasteiger partial charge in [-0.2, -0.15) is 4.37 Å². The molecule has 0 amide bonds. The Balaban J connectivity index is 1.85. The van der Waals surface area contributed by atoms with E-state index < -0.39 is 0 Å². The Morgan fingerprint density at radius 2 is 2.38 bits per heavy atom. The predicted octanol–water partition coefficient (Wildman–Crippen LogP) is 2.34. The highest BCUT2D eigenvalue weighted by molar-refractivity contribution is 7.09. The van der Waals surface area contributed by atoms with Crippen molar-refractivity contribution in [1.29, 1.82) is 0 Å². The molecule has 1 aliphatic carbocycles. The highest BCUT2D eigenvalue weighted by Crippen LogP contribution is 2.39. The molecule has 1 aromatic heterocycles. The molecule has 1 atom stereocenters. The minimum atomic E-state index is 0.347. The Bertz CT molecular complexity index is 322. The smallest absolute Gasteiger partial charge is 0.202 e. The number of hydrogen-bond acceptors (Lipinski definition) is 5. The molecule has 1 unspecified atom stereocenters. The first-order valence-electron chi connectivity index (χ1n) is 6.13. The molecule has 1 aromatic rings. The number of nitrogens with two attached hydrogens (primary N) is 1. The standard InChI is InChI=1S/C11H20N4S/c1-2-3-4-9(7-12)13-11-14-10(15-16-11)8-5-6-8/h8-9H,2-7,12H2,1H3,(H,13,14,15). The summed E-state index contributed by atoms with van der Waals surface area (Å²) in [5.41, 5.74) is 5.73. The lowest BCUT2D eigenvalue weighted by Crippen LogP contribution is -2.28. The summed E-state index contributed by atoms with van der Waals surface area (Å²) in [4.78, 5) is 4.51. The zero-order valence-corrected chi connectivity index (χ0v) is 10.6. The summed E-state index contributed by atoms with van der Waals surface area (Å²) in [6, 6.07) is 0.347. The van der Waals surface area contributed by atoms with E-state index in [4.69, 9.17) is 5.73 Å². The quantitative estimate of drug-likeness (QED) is 0.768. The van der Waals surface area contributed by atoms with Gasteiger partial charge in [-0.3, -0.25) is 0 Å². The van der Waals surface area contributed by atoms with Gasteiger partial charge in [0, 0.05) is 30.0 Å². The average molecular weight is 240 g/mol. The van der Waals surface area contributed by atoms with Crippen LogP contribution in [0.3, 0.4) is 0 Å². The summed E-state index contributed by atoms with van der Waals surface area (Å²) in [6.45, 7) is 2.86. The molecular weight excluding hydrogens is 220 g/mol. The molecule has 5 heteroatoms. The fourth-order valence-electron chi connectivity index (χ4n) is 1.67. The van der Waals surface area contributed by atoms with Gasteiger partial charge in [0.1, 0.15) is 5.82 Å². The second kappa shape index (κ2) is 5.59. The van der Waals surface area contributed by atoms with Crippen molar-refractivity contribution in [2.45, 2.75) is 51.0 Å². The largest absolute Gasteiger partial charge is 0.356 e. The van der Waals surface area contributed by atoms with Crippen LogP contribution in [0.1, 0.15) is 50.8 Å². The molecule has 0 aromatic carbocycles. The topological polar surface area (TPSA) is 63.8 Å². The van der Waals surface area contributed by atoms with Crippen molar-refractivity contribution in [3.05, 3.63) is 5.82 Å². The minimum Gasteiger partial charge on any atom is -0.356 e. The monoisotopic (exact) mass is 240 g/mol. The zero-order valence-electron chi connectivity index (χ0n) is 9.78. The van der Waals surface area contributed by atoms with E-state index in [0.717, 1.165) is 17.4 Å². The molecule has 1 saturated carbocycles. The summed E-state index contributed by atoms with van der Waals surface area (Å²) >= 11 is 1.47. The summed E-state index contributed by atoms with van der Waals surface area (Å²) in [7, 11) is 0. The Morgan fingerprint density at radius 1 is 1.56 bits per heavy atom. The fourth-order valence-corrected chi connectivity index (χ4v) is 2.40. The second-order valence-corrected chi connectivity index (χ2v) is 5.20. The maximum Gasteiger partial charge on any atom is 0.202 e. The van der Waals surface area contributed by atoms with E-state index in [1.807, 2.05) is 0 Å². The molecule has 4 nitrogen and oxygen atoms in total. The summed E-state index contributed by atoms with van der Waals surface area (Å²) in [6.07, 6.45) is 6.05. The lowest BCUT2D eigenvalue weighted by molar-refractivity contribution is 0.613. The van der Waals surface area contributed by atoms with Crippen LogP contribution in [-0.4, -0.2) is 21.9 Å². The zero-order chi connectivity index (χ0) is 11.4. The van der Waals surface area contributed by atoms with Gasteiger partial charge in [0.15, 0.2) is 0 Å². The molecule has 0 bridgehead atoms. The molecule has 1 heterocycles. The van der Waals surface area contributed by atoms with Crippen molar-refractivity contribution in [3.8, 4) is 0 Å². The van der Waals surface area contributed by atoms with Crippen molar-refractivity contribution in [2.75, 3.05) is 11.9 Å². The third-order valence-corrected chi connectivity index (χ3v) is 3.56. The number of rotatable bonds is 7. The first-order chi connectivity index (χ1) is 7.83. The van der Waals surface area contributed by atoms with E-state index in [1.54, 1.807) is 0 Å². The van der Waals surface area contributed by atoms with Crippen molar-refractivity contribution >= 4 is 16.7 Å². The lowest BCUT2D eigenvalue weighted by Gasteiger charge is -2.14. The molecule has 0 aliphatic heterocycles. The van der Waals surface area contributed by atoms with Crippen LogP contribution in [0.15, 0.2) is 0 Å². The van der Waals surface area contributed by atoms with Crippen molar-refractivity contribution in [2.24, 2.45) is 5.73 Å². The highest BCUT2D eigenvalue weighted by Gasteiger charge is 2.27. The molecule has 0 spiro atoms. The molecule has 90 valence electrons. The number of nitrogens with one attached hydrogen (secondary N) is 1. The van der Waals surface area contributed by atoms with Crippen molar-refractivity contribution < 1.29 is 0 Å². The number of nitrogens with zero attached hydrogens (tertiary/aromatic N) is 2. The van der Waals surface area contributed by atoms with Crippen LogP contribution in [0.5, 0.6) is 0 Å². The van der Waals surface area contributed by atoms with Gasteiger partial charge < -0.3 is 11.1 Å². The first kappa shape index (κ1) is 11.8. The molecule has 1 aliphatic rings. The summed E-state index contributed by atoms with van der Waals surface area (Å²) < 4.78 is 4.37. The maximum atomic E-state index is 5.73. The second-order valence-electron chi connectivity index (χ2n) is 4.45. The average Bonchev–Trinajstić information content (AvgIpc) is 3.05. The highest BCUT2D eigenvalue weighted by atomic mass is 32.1. The maximum absolute atomic E-state index is 5.73. The SMILES string of the molecule is CCCCC(CN)Nc1nc(C2CC2)ns1. The van der Waals surface area contributed by atoms with Gasteiger partial charge in [0.05, 0.1) is 0 Å². The van der Waals surface area contributed by atoms with Crippen LogP contribution in [0.2, 0.25) is 0 Å². The van der Waals surface area contributed by atoms with E-state index in [-0.39, 0.29) is 0 Å². The van der Waals surface area contributed by atoms with E-state index in [0.29, 0.717) is 18.5 Å². The Labute approximate surface area is 101 Å². The lowest BCUT2D eigenvalue weighted by atomic mass is 10.1. The molecular formula is C11H20N4S. The predicted molar refractivity (Wildman–Crippen MR) is 67.9 cm³/mol. The third-order valence-electron chi connectivity index (χ3n) is 2.90. The van der Waals surface area contributed by atoms with Crippen LogP contribution in [-0.2, 0) is 0 Å². The van der Waals surface area contributed by atoms with E-state index in [2.05, 4.69) is 21.6 Å². The first-order valence-corrected chi connectivity index (χ1v) is 6.91. The summed E-state index contributed by atoms with van der Waals surface area (Å²) in [5, 5.41) is 4.32. The molecule has 0 radical (unpaired) electrons. The van der Waals surface area contributed by atoms with Gasteiger partial charge in [0.25, 0.3) is 0 Å². The van der Waals surface area contributed by atoms with Gasteiger partial charge in [-0.05, 0) is 19.3 Å². The molecule has 0 saturated heterocycles. The summed E-state index contributed by atoms with van der Waals surface area (Å²) in [5.74, 6) is 1.66. The van der Waals surface area contributed by atoms with Gasteiger partial charge in [-0.1, -0.05) is 19.8 Å². The van der Waals surface area contributed by atoms with Gasteiger partial charge in [-0.15, -0.1) is 0 Å². The van der Waals surface area contributed by atoms with E-state index >= 15 is 0 Å². The number of aromatic nitrogens is 2. The Morgan fingerprint density at radius 3 is 3.00 bits per heavy atom. The third kappa shape index (κ3) is 3.15. The van der Waals surface area contributed by atoms with Crippen molar-refractivity contribution in [1.82, 2.24) is 9.36 Å². The van der Waals surface area contributed by atoms with Gasteiger partial charge >= 0.3 is 0 Å².